The molecular weight excluding hydrogens is 431 g/mol. The molecule has 0 heterocycles. The number of hydrogen-bond acceptors (Lipinski definition) is 3. The van der Waals surface area contributed by atoms with E-state index in [-0.39, 0.29) is 5.69 Å². The van der Waals surface area contributed by atoms with Crippen LogP contribution in [0.5, 0.6) is 0 Å². The van der Waals surface area contributed by atoms with Crippen LogP contribution >= 0.6 is 11.6 Å². The SMILES string of the molecule is CN(CC(=O)Nc1ccc(Cl)c(C(F)(F)F)c1)S(=O)(=O)c1ccc(F)cc1F. The Balaban J connectivity index is 2.17. The highest BCUT2D eigenvalue weighted by atomic mass is 35.5. The molecule has 2 aromatic carbocycles. The van der Waals surface area contributed by atoms with E-state index in [9.17, 15) is 35.2 Å². The third-order valence-corrected chi connectivity index (χ3v) is 5.67. The van der Waals surface area contributed by atoms with E-state index >= 15 is 0 Å². The Morgan fingerprint density at radius 3 is 2.36 bits per heavy atom. The van der Waals surface area contributed by atoms with Crippen molar-refractivity contribution in [2.24, 2.45) is 0 Å². The molecule has 12 heteroatoms. The standard InChI is InChI=1S/C16H12ClF5N2O3S/c1-24(28(26,27)14-5-2-9(18)6-13(14)19)8-15(25)23-10-3-4-12(17)11(7-10)16(20,21)22/h2-7H,8H2,1H3,(H,23,25). The van der Waals surface area contributed by atoms with Gasteiger partial charge in [-0.15, -0.1) is 0 Å². The number of nitrogens with zero attached hydrogens (tertiary/aromatic N) is 1. The lowest BCUT2D eigenvalue weighted by molar-refractivity contribution is -0.137. The van der Waals surface area contributed by atoms with Gasteiger partial charge in [0.1, 0.15) is 16.5 Å². The van der Waals surface area contributed by atoms with Crippen molar-refractivity contribution in [3.8, 4) is 0 Å². The molecule has 2 aromatic rings. The van der Waals surface area contributed by atoms with Crippen LogP contribution in [0.3, 0.4) is 0 Å². The molecule has 1 N–H and O–H groups in total. The lowest BCUT2D eigenvalue weighted by atomic mass is 10.2. The zero-order valence-corrected chi connectivity index (χ0v) is 15.6. The number of nitrogens with one attached hydrogen (secondary N) is 1. The summed E-state index contributed by atoms with van der Waals surface area (Å²) in [5.74, 6) is -3.32. The van der Waals surface area contributed by atoms with E-state index in [0.717, 1.165) is 25.2 Å². The van der Waals surface area contributed by atoms with E-state index in [1.807, 2.05) is 0 Å². The average molecular weight is 443 g/mol. The van der Waals surface area contributed by atoms with Gasteiger partial charge in [-0.3, -0.25) is 4.79 Å². The fourth-order valence-corrected chi connectivity index (χ4v) is 3.55. The van der Waals surface area contributed by atoms with Gasteiger partial charge in [-0.05, 0) is 30.3 Å². The van der Waals surface area contributed by atoms with Gasteiger partial charge in [-0.2, -0.15) is 17.5 Å². The zero-order chi connectivity index (χ0) is 21.3. The van der Waals surface area contributed by atoms with Crippen molar-refractivity contribution in [3.05, 3.63) is 58.6 Å². The summed E-state index contributed by atoms with van der Waals surface area (Å²) in [4.78, 5) is 11.1. The van der Waals surface area contributed by atoms with Crippen molar-refractivity contribution < 1.29 is 35.2 Å². The molecule has 0 unspecified atom stereocenters. The number of sulfonamides is 1. The molecule has 28 heavy (non-hydrogen) atoms. The number of halogens is 6. The second kappa shape index (κ2) is 8.02. The quantitative estimate of drug-likeness (QED) is 0.714. The first-order valence-electron chi connectivity index (χ1n) is 7.40. The number of anilines is 1. The fourth-order valence-electron chi connectivity index (χ4n) is 2.16. The third kappa shape index (κ3) is 4.97. The molecule has 1 amide bonds. The predicted octanol–water partition coefficient (Wildman–Crippen LogP) is 3.90. The topological polar surface area (TPSA) is 66.5 Å². The Morgan fingerprint density at radius 1 is 1.14 bits per heavy atom. The van der Waals surface area contributed by atoms with Crippen LogP contribution in [0.25, 0.3) is 0 Å². The molecule has 0 fully saturated rings. The Bertz CT molecular complexity index is 1010. The van der Waals surface area contributed by atoms with Crippen LogP contribution < -0.4 is 5.32 Å². The van der Waals surface area contributed by atoms with E-state index in [0.29, 0.717) is 22.5 Å². The summed E-state index contributed by atoms with van der Waals surface area (Å²) in [6.45, 7) is -0.830. The van der Waals surface area contributed by atoms with Crippen molar-refractivity contribution in [2.45, 2.75) is 11.1 Å². The first-order valence-corrected chi connectivity index (χ1v) is 9.22. The molecule has 5 nitrogen and oxygen atoms in total. The predicted molar refractivity (Wildman–Crippen MR) is 91.3 cm³/mol. The fraction of sp³-hybridized carbons (Fsp3) is 0.188. The van der Waals surface area contributed by atoms with Crippen molar-refractivity contribution >= 4 is 33.2 Å². The number of hydrogen-bond donors (Lipinski definition) is 1. The van der Waals surface area contributed by atoms with Crippen LogP contribution in [0.15, 0.2) is 41.3 Å². The number of carbonyl (C=O) groups is 1. The van der Waals surface area contributed by atoms with Crippen LogP contribution in [0.4, 0.5) is 27.6 Å². The molecule has 0 saturated heterocycles. The zero-order valence-electron chi connectivity index (χ0n) is 14.0. The van der Waals surface area contributed by atoms with Gasteiger partial charge in [0.2, 0.25) is 15.9 Å². The molecule has 0 aliphatic carbocycles. The summed E-state index contributed by atoms with van der Waals surface area (Å²) < 4.78 is 90.2. The van der Waals surface area contributed by atoms with Crippen molar-refractivity contribution in [1.29, 1.82) is 0 Å². The maximum absolute atomic E-state index is 13.7. The molecule has 0 bridgehead atoms. The van der Waals surface area contributed by atoms with Crippen LogP contribution in [-0.2, 0) is 21.0 Å². The van der Waals surface area contributed by atoms with Crippen LogP contribution in [0.1, 0.15) is 5.56 Å². The molecule has 0 saturated carbocycles. The van der Waals surface area contributed by atoms with Gasteiger partial charge < -0.3 is 5.32 Å². The van der Waals surface area contributed by atoms with E-state index in [1.54, 1.807) is 0 Å². The van der Waals surface area contributed by atoms with Crippen molar-refractivity contribution in [3.63, 3.8) is 0 Å². The highest BCUT2D eigenvalue weighted by molar-refractivity contribution is 7.89. The van der Waals surface area contributed by atoms with Gasteiger partial charge in [-0.25, -0.2) is 17.2 Å². The monoisotopic (exact) mass is 442 g/mol. The highest BCUT2D eigenvalue weighted by Crippen LogP contribution is 2.36. The van der Waals surface area contributed by atoms with Gasteiger partial charge in [0.25, 0.3) is 0 Å². The lowest BCUT2D eigenvalue weighted by Gasteiger charge is -2.18. The largest absolute Gasteiger partial charge is 0.417 e. The van der Waals surface area contributed by atoms with Gasteiger partial charge in [0.05, 0.1) is 17.1 Å². The average Bonchev–Trinajstić information content (AvgIpc) is 2.55. The van der Waals surface area contributed by atoms with Gasteiger partial charge in [0.15, 0.2) is 0 Å². The number of carbonyl (C=O) groups excluding carboxylic acids is 1. The second-order valence-electron chi connectivity index (χ2n) is 5.58. The molecule has 0 aliphatic rings. The Labute approximate surface area is 161 Å². The molecule has 0 aromatic heterocycles. The smallest absolute Gasteiger partial charge is 0.325 e. The molecular formula is C16H12ClF5N2O3S. The van der Waals surface area contributed by atoms with Crippen LogP contribution in [-0.4, -0.2) is 32.2 Å². The normalized spacial score (nSPS) is 12.3. The van der Waals surface area contributed by atoms with Gasteiger partial charge >= 0.3 is 6.18 Å². The van der Waals surface area contributed by atoms with E-state index in [1.165, 1.54) is 0 Å². The molecule has 152 valence electrons. The maximum Gasteiger partial charge on any atom is 0.417 e. The van der Waals surface area contributed by atoms with Crippen molar-refractivity contribution in [2.75, 3.05) is 18.9 Å². The molecule has 2 rings (SSSR count). The number of rotatable bonds is 5. The lowest BCUT2D eigenvalue weighted by Crippen LogP contribution is -2.35. The number of likely N-dealkylation sites (N-methyl/N-ethyl adjacent to an activating group) is 1. The Morgan fingerprint density at radius 2 is 1.79 bits per heavy atom. The minimum absolute atomic E-state index is 0.263. The Hall–Kier alpha value is -2.24. The summed E-state index contributed by atoms with van der Waals surface area (Å²) >= 11 is 5.47. The summed E-state index contributed by atoms with van der Waals surface area (Å²) in [5, 5.41) is 1.53. The maximum atomic E-state index is 13.7. The number of benzene rings is 2. The summed E-state index contributed by atoms with van der Waals surface area (Å²) in [5.41, 5.74) is -1.44. The van der Waals surface area contributed by atoms with E-state index < -0.39 is 55.8 Å². The first kappa shape index (κ1) is 22.1. The third-order valence-electron chi connectivity index (χ3n) is 3.50. The van der Waals surface area contributed by atoms with Gasteiger partial charge in [0, 0.05) is 18.8 Å². The molecule has 0 spiro atoms. The summed E-state index contributed by atoms with van der Waals surface area (Å²) in [6.07, 6.45) is -4.75. The second-order valence-corrected chi connectivity index (χ2v) is 8.00. The highest BCUT2D eigenvalue weighted by Gasteiger charge is 2.33. The first-order chi connectivity index (χ1) is 12.8. The van der Waals surface area contributed by atoms with E-state index in [4.69, 9.17) is 11.6 Å². The summed E-state index contributed by atoms with van der Waals surface area (Å²) in [6, 6.07) is 4.42. The van der Waals surface area contributed by atoms with Crippen molar-refractivity contribution in [1.82, 2.24) is 4.31 Å². The molecule has 0 aliphatic heterocycles. The van der Waals surface area contributed by atoms with E-state index in [2.05, 4.69) is 5.32 Å². The molecule has 0 atom stereocenters. The minimum atomic E-state index is -4.75. The van der Waals surface area contributed by atoms with Gasteiger partial charge in [-0.1, -0.05) is 11.6 Å². The molecule has 0 radical (unpaired) electrons. The van der Waals surface area contributed by atoms with Crippen LogP contribution in [0.2, 0.25) is 5.02 Å². The number of alkyl halides is 3. The minimum Gasteiger partial charge on any atom is -0.325 e. The number of amides is 1. The summed E-state index contributed by atoms with van der Waals surface area (Å²) in [7, 11) is -3.52. The Kier molecular flexibility index (Phi) is 6.31. The van der Waals surface area contributed by atoms with Crippen LogP contribution in [0, 0.1) is 11.6 Å².